The van der Waals surface area contributed by atoms with Gasteiger partial charge in [-0.05, 0) is 37.3 Å². The Hall–Kier alpha value is -2.78. The normalized spacial score (nSPS) is 12.8. The van der Waals surface area contributed by atoms with E-state index in [4.69, 9.17) is 20.8 Å². The zero-order valence-electron chi connectivity index (χ0n) is 15.5. The number of ether oxygens (including phenoxy) is 1. The van der Waals surface area contributed by atoms with Crippen molar-refractivity contribution in [3.05, 3.63) is 75.1 Å². The Balaban J connectivity index is 1.95. The average Bonchev–Trinajstić information content (AvgIpc) is 3.11. The number of furan rings is 1. The van der Waals surface area contributed by atoms with Crippen LogP contribution in [0.3, 0.4) is 0 Å². The van der Waals surface area contributed by atoms with E-state index in [0.717, 1.165) is 16.8 Å². The smallest absolute Gasteiger partial charge is 0.416 e. The second-order valence-corrected chi connectivity index (χ2v) is 6.62. The van der Waals surface area contributed by atoms with Gasteiger partial charge in [0.15, 0.2) is 0 Å². The van der Waals surface area contributed by atoms with E-state index in [2.05, 4.69) is 10.4 Å². The maximum atomic E-state index is 12.9. The van der Waals surface area contributed by atoms with Gasteiger partial charge in [-0.1, -0.05) is 17.7 Å². The van der Waals surface area contributed by atoms with E-state index in [1.807, 2.05) is 0 Å². The van der Waals surface area contributed by atoms with Crippen LogP contribution in [0.2, 0.25) is 5.02 Å². The van der Waals surface area contributed by atoms with E-state index in [9.17, 15) is 18.0 Å². The summed E-state index contributed by atoms with van der Waals surface area (Å²) in [5.41, 5.74) is -1.50. The molecule has 2 heterocycles. The summed E-state index contributed by atoms with van der Waals surface area (Å²) in [6.45, 7) is 2.01. The maximum absolute atomic E-state index is 12.9. The van der Waals surface area contributed by atoms with Gasteiger partial charge in [-0.15, -0.1) is 0 Å². The SMILES string of the molecule is COCC(Nc1cnn(-c2cccc(C(F)(F)F)c2)c(=O)c1Cl)c1ccc(C)o1. The first-order valence-corrected chi connectivity index (χ1v) is 8.85. The number of rotatable bonds is 6. The molecule has 1 atom stereocenters. The first-order valence-electron chi connectivity index (χ1n) is 8.48. The zero-order valence-corrected chi connectivity index (χ0v) is 16.2. The van der Waals surface area contributed by atoms with Crippen LogP contribution < -0.4 is 10.9 Å². The lowest BCUT2D eigenvalue weighted by atomic mass is 10.2. The third kappa shape index (κ3) is 4.63. The number of alkyl halides is 3. The number of benzene rings is 1. The number of aryl methyl sites for hydroxylation is 1. The second kappa shape index (κ2) is 8.30. The van der Waals surface area contributed by atoms with Crippen LogP contribution >= 0.6 is 11.6 Å². The monoisotopic (exact) mass is 427 g/mol. The highest BCUT2D eigenvalue weighted by Gasteiger charge is 2.30. The highest BCUT2D eigenvalue weighted by molar-refractivity contribution is 6.33. The molecular formula is C19H17ClF3N3O3. The fraction of sp³-hybridized carbons (Fsp3) is 0.263. The van der Waals surface area contributed by atoms with Gasteiger partial charge >= 0.3 is 6.18 Å². The third-order valence-corrected chi connectivity index (χ3v) is 4.47. The molecule has 10 heteroatoms. The largest absolute Gasteiger partial charge is 0.464 e. The summed E-state index contributed by atoms with van der Waals surface area (Å²) in [4.78, 5) is 12.6. The number of aromatic nitrogens is 2. The molecule has 1 N–H and O–H groups in total. The van der Waals surface area contributed by atoms with E-state index < -0.39 is 23.3 Å². The maximum Gasteiger partial charge on any atom is 0.416 e. The molecule has 3 aromatic rings. The van der Waals surface area contributed by atoms with Crippen LogP contribution in [-0.2, 0) is 10.9 Å². The third-order valence-electron chi connectivity index (χ3n) is 4.10. The molecule has 0 fully saturated rings. The standard InChI is InChI=1S/C19H17ClF3N3O3/c1-11-6-7-16(29-11)15(10-28-2)25-14-9-24-26(18(27)17(14)20)13-5-3-4-12(8-13)19(21,22)23/h3-9,15,25H,10H2,1-2H3. The fourth-order valence-corrected chi connectivity index (χ4v) is 2.90. The molecule has 0 aliphatic heterocycles. The minimum atomic E-state index is -4.54. The molecule has 0 radical (unpaired) electrons. The highest BCUT2D eigenvalue weighted by atomic mass is 35.5. The van der Waals surface area contributed by atoms with Crippen molar-refractivity contribution in [3.63, 3.8) is 0 Å². The lowest BCUT2D eigenvalue weighted by Crippen LogP contribution is -2.24. The molecule has 0 bridgehead atoms. The van der Waals surface area contributed by atoms with Crippen LogP contribution in [0.4, 0.5) is 18.9 Å². The number of methoxy groups -OCH3 is 1. The van der Waals surface area contributed by atoms with Crippen LogP contribution in [0, 0.1) is 6.92 Å². The molecule has 1 aromatic carbocycles. The molecule has 154 valence electrons. The second-order valence-electron chi connectivity index (χ2n) is 6.24. The number of hydrogen-bond acceptors (Lipinski definition) is 5. The Kier molecular flexibility index (Phi) is 5.99. The van der Waals surface area contributed by atoms with Crippen LogP contribution in [0.1, 0.15) is 23.1 Å². The van der Waals surface area contributed by atoms with Gasteiger partial charge < -0.3 is 14.5 Å². The molecule has 0 saturated heterocycles. The molecule has 3 rings (SSSR count). The summed E-state index contributed by atoms with van der Waals surface area (Å²) in [5, 5.41) is 6.77. The van der Waals surface area contributed by atoms with Gasteiger partial charge in [0.2, 0.25) is 0 Å². The summed E-state index contributed by atoms with van der Waals surface area (Å²) in [5.74, 6) is 1.27. The van der Waals surface area contributed by atoms with Crippen LogP contribution in [0.25, 0.3) is 5.69 Å². The predicted molar refractivity (Wildman–Crippen MR) is 102 cm³/mol. The minimum absolute atomic E-state index is 0.0478. The minimum Gasteiger partial charge on any atom is -0.464 e. The molecule has 0 aliphatic rings. The van der Waals surface area contributed by atoms with Gasteiger partial charge in [-0.2, -0.15) is 23.0 Å². The average molecular weight is 428 g/mol. The molecular weight excluding hydrogens is 411 g/mol. The van der Waals surface area contributed by atoms with Crippen molar-refractivity contribution in [1.29, 1.82) is 0 Å². The van der Waals surface area contributed by atoms with Crippen molar-refractivity contribution < 1.29 is 22.3 Å². The van der Waals surface area contributed by atoms with Gasteiger partial charge in [0.1, 0.15) is 22.6 Å². The Labute approximate surface area is 168 Å². The van der Waals surface area contributed by atoms with Crippen molar-refractivity contribution in [1.82, 2.24) is 9.78 Å². The topological polar surface area (TPSA) is 69.3 Å². The summed E-state index contributed by atoms with van der Waals surface area (Å²) in [6, 6.07) is 7.37. The highest BCUT2D eigenvalue weighted by Crippen LogP contribution is 2.30. The number of hydrogen-bond donors (Lipinski definition) is 1. The van der Waals surface area contributed by atoms with E-state index in [1.54, 1.807) is 19.1 Å². The van der Waals surface area contributed by atoms with E-state index in [0.29, 0.717) is 11.5 Å². The molecule has 0 aliphatic carbocycles. The van der Waals surface area contributed by atoms with E-state index in [-0.39, 0.29) is 23.0 Å². The van der Waals surface area contributed by atoms with E-state index >= 15 is 0 Å². The van der Waals surface area contributed by atoms with Crippen molar-refractivity contribution in [2.45, 2.75) is 19.1 Å². The number of halogens is 4. The van der Waals surface area contributed by atoms with Gasteiger partial charge in [0.05, 0.1) is 29.7 Å². The molecule has 0 saturated carbocycles. The number of nitrogens with one attached hydrogen (secondary N) is 1. The summed E-state index contributed by atoms with van der Waals surface area (Å²) >= 11 is 6.19. The summed E-state index contributed by atoms with van der Waals surface area (Å²) in [6.07, 6.45) is -3.28. The molecule has 29 heavy (non-hydrogen) atoms. The first-order chi connectivity index (χ1) is 13.7. The molecule has 0 spiro atoms. The van der Waals surface area contributed by atoms with Gasteiger partial charge in [0, 0.05) is 7.11 Å². The first kappa shape index (κ1) is 20.9. The summed E-state index contributed by atoms with van der Waals surface area (Å²) in [7, 11) is 1.51. The van der Waals surface area contributed by atoms with E-state index in [1.165, 1.54) is 25.4 Å². The molecule has 0 amide bonds. The number of anilines is 1. The lowest BCUT2D eigenvalue weighted by Gasteiger charge is -2.18. The summed E-state index contributed by atoms with van der Waals surface area (Å²) < 4.78 is 50.4. The van der Waals surface area contributed by atoms with Gasteiger partial charge in [-0.25, -0.2) is 0 Å². The zero-order chi connectivity index (χ0) is 21.2. The molecule has 6 nitrogen and oxygen atoms in total. The van der Waals surface area contributed by atoms with Crippen LogP contribution in [0.5, 0.6) is 0 Å². The Morgan fingerprint density at radius 2 is 2.07 bits per heavy atom. The predicted octanol–water partition coefficient (Wildman–Crippen LogP) is 4.61. The Morgan fingerprint density at radius 3 is 2.69 bits per heavy atom. The molecule has 1 unspecified atom stereocenters. The van der Waals surface area contributed by atoms with Crippen molar-refractivity contribution >= 4 is 17.3 Å². The number of nitrogens with zero attached hydrogens (tertiary/aromatic N) is 2. The van der Waals surface area contributed by atoms with Crippen LogP contribution in [-0.4, -0.2) is 23.5 Å². The Bertz CT molecular complexity index is 1060. The van der Waals surface area contributed by atoms with Gasteiger partial charge in [-0.3, -0.25) is 4.79 Å². The molecule has 2 aromatic heterocycles. The quantitative estimate of drug-likeness (QED) is 0.622. The van der Waals surface area contributed by atoms with Crippen molar-refractivity contribution in [2.75, 3.05) is 19.0 Å². The van der Waals surface area contributed by atoms with Gasteiger partial charge in [0.25, 0.3) is 5.56 Å². The Morgan fingerprint density at radius 1 is 1.31 bits per heavy atom. The van der Waals surface area contributed by atoms with Crippen molar-refractivity contribution in [2.24, 2.45) is 0 Å². The van der Waals surface area contributed by atoms with Crippen LogP contribution in [0.15, 0.2) is 51.8 Å². The van der Waals surface area contributed by atoms with Crippen molar-refractivity contribution in [3.8, 4) is 5.69 Å². The lowest BCUT2D eigenvalue weighted by molar-refractivity contribution is -0.137. The fourth-order valence-electron chi connectivity index (χ4n) is 2.72.